The molecule has 0 fully saturated rings. The maximum Gasteiger partial charge on any atom is 0.390 e. The molecule has 0 radical (unpaired) electrons. The highest BCUT2D eigenvalue weighted by atomic mass is 28.3. The molecule has 0 saturated heterocycles. The molecule has 0 aliphatic carbocycles. The number of benzene rings is 5. The van der Waals surface area contributed by atoms with Gasteiger partial charge in [0.1, 0.15) is 17.3 Å². The minimum absolute atomic E-state index is 0.337. The van der Waals surface area contributed by atoms with Crippen LogP contribution in [0.2, 0.25) is 0 Å². The molecule has 210 valence electrons. The molecule has 5 aliphatic heterocycles. The Kier molecular flexibility index (Phi) is 3.43. The van der Waals surface area contributed by atoms with Gasteiger partial charge in [-0.2, -0.15) is 4.57 Å². The number of pyridine rings is 1. The first-order valence-electron chi connectivity index (χ1n) is 15.8. The van der Waals surface area contributed by atoms with Crippen molar-refractivity contribution in [3.8, 4) is 39.7 Å². The van der Waals surface area contributed by atoms with Crippen LogP contribution in [0.5, 0.6) is 11.5 Å². The van der Waals surface area contributed by atoms with Gasteiger partial charge in [0.05, 0.1) is 10.1 Å². The van der Waals surface area contributed by atoms with E-state index in [1.54, 1.807) is 0 Å². The van der Waals surface area contributed by atoms with Gasteiger partial charge in [0, 0.05) is 21.8 Å². The maximum atomic E-state index is 6.94. The lowest BCUT2D eigenvalue weighted by atomic mass is 10.1. The zero-order valence-electron chi connectivity index (χ0n) is 24.3. The largest absolute Gasteiger partial charge is 0.444 e. The SMILES string of the molecule is c1ccc2c(c1)-c1ccccc1[Si]21c2ccc3c4c2-n2c5c1cccc5c1ccc[n+](c12)[N+]41c2c(cccc2-c2nccc[n+]21)O3. The Labute approximate surface area is 263 Å². The second-order valence-electron chi connectivity index (χ2n) is 12.9. The zero-order valence-corrected chi connectivity index (χ0v) is 25.3. The van der Waals surface area contributed by atoms with Gasteiger partial charge in [0.25, 0.3) is 5.69 Å². The van der Waals surface area contributed by atoms with Crippen LogP contribution in [-0.4, -0.2) is 17.6 Å². The lowest BCUT2D eigenvalue weighted by Gasteiger charge is -2.39. The quantitative estimate of drug-likeness (QED) is 0.146. The van der Waals surface area contributed by atoms with E-state index in [2.05, 4.69) is 142 Å². The lowest BCUT2D eigenvalue weighted by Crippen LogP contribution is -2.85. The molecule has 8 aromatic rings. The van der Waals surface area contributed by atoms with Gasteiger partial charge in [-0.1, -0.05) is 72.8 Å². The molecule has 46 heavy (non-hydrogen) atoms. The number of fused-ring (bicyclic) bond motifs is 10. The van der Waals surface area contributed by atoms with Crippen LogP contribution in [0.3, 0.4) is 0 Å². The van der Waals surface area contributed by atoms with Crippen molar-refractivity contribution < 1.29 is 14.1 Å². The Morgan fingerprint density at radius 3 is 2.17 bits per heavy atom. The van der Waals surface area contributed by atoms with Gasteiger partial charge in [-0.3, -0.25) is 0 Å². The minimum Gasteiger partial charge on any atom is -0.444 e. The first kappa shape index (κ1) is 22.6. The van der Waals surface area contributed by atoms with E-state index in [-0.39, 0.29) is 0 Å². The molecule has 2 spiro atoms. The van der Waals surface area contributed by atoms with Gasteiger partial charge >= 0.3 is 17.2 Å². The van der Waals surface area contributed by atoms with Gasteiger partial charge in [0.15, 0.2) is 26.2 Å². The first-order valence-corrected chi connectivity index (χ1v) is 17.8. The highest BCUT2D eigenvalue weighted by Crippen LogP contribution is 2.59. The van der Waals surface area contributed by atoms with Crippen molar-refractivity contribution in [1.29, 1.82) is 0 Å². The van der Waals surface area contributed by atoms with Gasteiger partial charge in [-0.05, 0) is 72.2 Å². The molecule has 13 rings (SSSR count). The summed E-state index contributed by atoms with van der Waals surface area (Å²) in [5.41, 5.74) is 9.82. The normalized spacial score (nSPS) is 18.4. The van der Waals surface area contributed by atoms with Crippen molar-refractivity contribution in [3.05, 3.63) is 134 Å². The van der Waals surface area contributed by atoms with E-state index < -0.39 is 8.07 Å². The molecule has 0 bridgehead atoms. The molecule has 6 nitrogen and oxygen atoms in total. The smallest absolute Gasteiger partial charge is 0.390 e. The molecule has 0 N–H and O–H groups in total. The van der Waals surface area contributed by atoms with Crippen molar-refractivity contribution in [3.63, 3.8) is 0 Å². The molecule has 5 aliphatic rings. The average molecular weight is 605 g/mol. The maximum absolute atomic E-state index is 6.94. The van der Waals surface area contributed by atoms with Gasteiger partial charge in [-0.25, -0.2) is 0 Å². The third kappa shape index (κ3) is 2.00. The summed E-state index contributed by atoms with van der Waals surface area (Å²) < 4.78 is 14.6. The van der Waals surface area contributed by atoms with Crippen LogP contribution in [-0.2, 0) is 0 Å². The number of aromatic nitrogens is 4. The summed E-state index contributed by atoms with van der Waals surface area (Å²) in [6, 6.07) is 43.0. The molecular formula is C39H22N5OSi+3. The standard InChI is InChI=1S/C39H22N5OSi/c1-3-15-30-23(9-1)24-10-2-4-16-31(24)46(30)32-17-6-11-25-26-13-7-21-42-39(26)43(34(25)32)35-33(46)19-18-29-37(35)44(42)36-27(12-5-14-28(36)45-29)38-40-20-8-22-41(38)44/h1-22H/q+3. The summed E-state index contributed by atoms with van der Waals surface area (Å²) in [7, 11) is -2.77. The number of hydrogen-bond acceptors (Lipinski definition) is 2. The van der Waals surface area contributed by atoms with Crippen LogP contribution >= 0.6 is 0 Å². The first-order chi connectivity index (χ1) is 22.8. The van der Waals surface area contributed by atoms with Crippen LogP contribution in [0, 0.1) is 0 Å². The Morgan fingerprint density at radius 1 is 0.587 bits per heavy atom. The van der Waals surface area contributed by atoms with Crippen LogP contribution < -0.4 is 39.5 Å². The van der Waals surface area contributed by atoms with Crippen molar-refractivity contribution in [2.45, 2.75) is 0 Å². The molecule has 5 aromatic carbocycles. The fourth-order valence-corrected chi connectivity index (χ4v) is 15.4. The van der Waals surface area contributed by atoms with E-state index >= 15 is 0 Å². The summed E-state index contributed by atoms with van der Waals surface area (Å²) >= 11 is 0. The van der Waals surface area contributed by atoms with Gasteiger partial charge in [-0.15, -0.1) is 0 Å². The van der Waals surface area contributed by atoms with E-state index in [0.717, 1.165) is 34.3 Å². The fraction of sp³-hybridized carbons (Fsp3) is 0. The van der Waals surface area contributed by atoms with E-state index in [1.807, 2.05) is 6.20 Å². The number of para-hydroxylation sites is 2. The molecule has 7 heteroatoms. The predicted octanol–water partition coefficient (Wildman–Crippen LogP) is 4.39. The monoisotopic (exact) mass is 604 g/mol. The number of nitrogens with zero attached hydrogens (tertiary/aromatic N) is 5. The van der Waals surface area contributed by atoms with Crippen molar-refractivity contribution in [2.24, 2.45) is 0 Å². The minimum atomic E-state index is -2.77. The lowest BCUT2D eigenvalue weighted by molar-refractivity contribution is -1.02. The predicted molar refractivity (Wildman–Crippen MR) is 179 cm³/mol. The molecular weight excluding hydrogens is 583 g/mol. The molecule has 3 aromatic heterocycles. The molecule has 0 amide bonds. The number of hydrogen-bond donors (Lipinski definition) is 0. The highest BCUT2D eigenvalue weighted by molar-refractivity contribution is 7.23. The summed E-state index contributed by atoms with van der Waals surface area (Å²) in [5, 5.41) is 8.35. The Hall–Kier alpha value is -5.89. The summed E-state index contributed by atoms with van der Waals surface area (Å²) in [5.74, 6) is 2.68. The number of rotatable bonds is 0. The molecule has 1 unspecified atom stereocenters. The second kappa shape index (κ2) is 6.99. The van der Waals surface area contributed by atoms with Gasteiger partial charge < -0.3 is 4.74 Å². The van der Waals surface area contributed by atoms with Crippen LogP contribution in [0.4, 0.5) is 11.4 Å². The van der Waals surface area contributed by atoms with Gasteiger partial charge in [0.2, 0.25) is 11.4 Å². The highest BCUT2D eigenvalue weighted by Gasteiger charge is 2.70. The molecule has 8 heterocycles. The Balaban J connectivity index is 1.37. The second-order valence-corrected chi connectivity index (χ2v) is 16.6. The van der Waals surface area contributed by atoms with E-state index in [4.69, 9.17) is 9.72 Å². The third-order valence-electron chi connectivity index (χ3n) is 11.2. The number of quaternary nitrogens is 1. The van der Waals surface area contributed by atoms with Crippen LogP contribution in [0.1, 0.15) is 0 Å². The fourth-order valence-electron chi connectivity index (χ4n) is 9.88. The molecule has 0 saturated carbocycles. The summed E-state index contributed by atoms with van der Waals surface area (Å²) in [6.45, 7) is 0. The van der Waals surface area contributed by atoms with Crippen molar-refractivity contribution in [2.75, 3.05) is 0 Å². The van der Waals surface area contributed by atoms with Crippen LogP contribution in [0.15, 0.2) is 134 Å². The topological polar surface area (TPSA) is 34.8 Å². The Morgan fingerprint density at radius 2 is 1.30 bits per heavy atom. The van der Waals surface area contributed by atoms with Crippen molar-refractivity contribution >= 4 is 62.1 Å². The van der Waals surface area contributed by atoms with Crippen LogP contribution in [0.25, 0.3) is 50.1 Å². The van der Waals surface area contributed by atoms with Crippen molar-refractivity contribution in [1.82, 2.24) is 14.3 Å². The van der Waals surface area contributed by atoms with E-state index in [1.165, 1.54) is 59.5 Å². The molecule has 1 atom stereocenters. The summed E-state index contributed by atoms with van der Waals surface area (Å²) in [6.07, 6.45) is 6.33. The summed E-state index contributed by atoms with van der Waals surface area (Å²) in [4.78, 5) is 5.00. The number of ether oxygens (including phenoxy) is 1. The van der Waals surface area contributed by atoms with E-state index in [9.17, 15) is 0 Å². The van der Waals surface area contributed by atoms with E-state index in [0.29, 0.717) is 4.70 Å². The zero-order chi connectivity index (χ0) is 29.5. The third-order valence-corrected chi connectivity index (χ3v) is 16.2. The average Bonchev–Trinajstić information content (AvgIpc) is 3.72. The Bertz CT molecular complexity index is 2750.